The predicted molar refractivity (Wildman–Crippen MR) is 196 cm³/mol. The Labute approximate surface area is 308 Å². The Morgan fingerprint density at radius 3 is 2.36 bits per heavy atom. The maximum atomic E-state index is 10.0. The SMILES string of the molecule is CCCc1cnc(CN2CC(CO)c3c(Cl)nc(N)nc32)c(C)c1OCCCC1CN(Cc2cc3c(nc2Br)CCO3)c2nc(N)nc(Cl)c21. The van der Waals surface area contributed by atoms with E-state index in [1.165, 1.54) is 0 Å². The fourth-order valence-corrected chi connectivity index (χ4v) is 8.33. The summed E-state index contributed by atoms with van der Waals surface area (Å²) in [5, 5.41) is 10.7. The lowest BCUT2D eigenvalue weighted by Crippen LogP contribution is -2.24. The molecule has 2 unspecified atom stereocenters. The van der Waals surface area contributed by atoms with Gasteiger partial charge in [0.05, 0.1) is 37.8 Å². The van der Waals surface area contributed by atoms with Crippen LogP contribution in [0.2, 0.25) is 10.3 Å². The Morgan fingerprint density at radius 2 is 1.66 bits per heavy atom. The lowest BCUT2D eigenvalue weighted by molar-refractivity contribution is 0.270. The van der Waals surface area contributed by atoms with Gasteiger partial charge < -0.3 is 35.8 Å². The number of aromatic nitrogens is 6. The van der Waals surface area contributed by atoms with E-state index in [2.05, 4.69) is 53.8 Å². The van der Waals surface area contributed by atoms with Gasteiger partial charge in [0, 0.05) is 71.9 Å². The van der Waals surface area contributed by atoms with Crippen molar-refractivity contribution in [2.45, 2.75) is 70.9 Å². The standard InChI is InChI=1S/C34H39BrCl2N10O3/c1-3-5-18-11-40-23(15-47-14-21(16-48)26-30(37)43-34(39)45-32(26)47)17(2)27(18)50-8-4-6-19-12-46(31-25(19)29(36)42-33(38)44-31)13-20-10-24-22(7-9-49-24)41-28(20)35/h10-11,19,21,48H,3-9,12-16H2,1-2H3,(H2,38,42,44)(H2,39,43,45). The molecule has 7 rings (SSSR count). The molecule has 7 heterocycles. The second kappa shape index (κ2) is 14.5. The van der Waals surface area contributed by atoms with Gasteiger partial charge in [-0.25, -0.2) is 15.0 Å². The predicted octanol–water partition coefficient (Wildman–Crippen LogP) is 5.55. The third-order valence-electron chi connectivity index (χ3n) is 9.60. The second-order valence-electron chi connectivity index (χ2n) is 13.0. The first-order valence-electron chi connectivity index (χ1n) is 16.8. The van der Waals surface area contributed by atoms with E-state index in [1.54, 1.807) is 0 Å². The summed E-state index contributed by atoms with van der Waals surface area (Å²) in [5.74, 6) is 3.20. The molecule has 4 aromatic heterocycles. The molecule has 0 radical (unpaired) electrons. The summed E-state index contributed by atoms with van der Waals surface area (Å²) in [6.07, 6.45) is 6.13. The number of aryl methyl sites for hydroxylation is 1. The fourth-order valence-electron chi connectivity index (χ4n) is 7.23. The smallest absolute Gasteiger partial charge is 0.223 e. The molecule has 0 amide bonds. The van der Waals surface area contributed by atoms with Crippen LogP contribution >= 0.6 is 39.1 Å². The van der Waals surface area contributed by atoms with E-state index in [9.17, 15) is 5.11 Å². The number of aliphatic hydroxyl groups is 1. The minimum absolute atomic E-state index is 0.0710. The number of ether oxygens (including phenoxy) is 2. The number of nitrogen functional groups attached to an aromatic ring is 2. The summed E-state index contributed by atoms with van der Waals surface area (Å²) >= 11 is 16.8. The molecule has 0 bridgehead atoms. The quantitative estimate of drug-likeness (QED) is 0.0928. The molecule has 264 valence electrons. The number of anilines is 4. The van der Waals surface area contributed by atoms with E-state index in [4.69, 9.17) is 54.1 Å². The van der Waals surface area contributed by atoms with Crippen LogP contribution in [0, 0.1) is 6.92 Å². The third-order valence-corrected chi connectivity index (χ3v) is 10.9. The number of fused-ring (bicyclic) bond motifs is 3. The number of nitrogens with two attached hydrogens (primary N) is 2. The fraction of sp³-hybridized carbons (Fsp3) is 0.471. The number of hydrogen-bond acceptors (Lipinski definition) is 13. The van der Waals surface area contributed by atoms with E-state index in [0.717, 1.165) is 87.7 Å². The van der Waals surface area contributed by atoms with E-state index in [-0.39, 0.29) is 35.5 Å². The van der Waals surface area contributed by atoms with E-state index >= 15 is 0 Å². The van der Waals surface area contributed by atoms with Crippen LogP contribution in [0.25, 0.3) is 0 Å². The number of aliphatic hydroxyl groups excluding tert-OH is 1. The third kappa shape index (κ3) is 6.70. The normalized spacial score (nSPS) is 17.6. The van der Waals surface area contributed by atoms with E-state index < -0.39 is 0 Å². The van der Waals surface area contributed by atoms with Crippen LogP contribution in [0.1, 0.15) is 77.2 Å². The Kier molecular flexibility index (Phi) is 10.1. The largest absolute Gasteiger partial charge is 0.493 e. The van der Waals surface area contributed by atoms with Gasteiger partial charge in [-0.2, -0.15) is 9.97 Å². The van der Waals surface area contributed by atoms with Crippen LogP contribution < -0.4 is 30.7 Å². The lowest BCUT2D eigenvalue weighted by atomic mass is 9.99. The van der Waals surface area contributed by atoms with Crippen molar-refractivity contribution in [2.24, 2.45) is 0 Å². The molecule has 3 aliphatic rings. The highest BCUT2D eigenvalue weighted by Crippen LogP contribution is 2.44. The first-order valence-corrected chi connectivity index (χ1v) is 18.4. The van der Waals surface area contributed by atoms with Crippen molar-refractivity contribution in [1.29, 1.82) is 0 Å². The van der Waals surface area contributed by atoms with Gasteiger partial charge >= 0.3 is 0 Å². The molecule has 0 fully saturated rings. The molecule has 0 saturated heterocycles. The maximum absolute atomic E-state index is 10.0. The van der Waals surface area contributed by atoms with Crippen LogP contribution in [-0.2, 0) is 25.9 Å². The summed E-state index contributed by atoms with van der Waals surface area (Å²) in [5.41, 5.74) is 18.5. The summed E-state index contributed by atoms with van der Waals surface area (Å²) in [6.45, 7) is 7.54. The Balaban J connectivity index is 1.05. The average Bonchev–Trinajstić information content (AvgIpc) is 3.77. The van der Waals surface area contributed by atoms with Gasteiger partial charge in [0.1, 0.15) is 38.0 Å². The van der Waals surface area contributed by atoms with Gasteiger partial charge in [0.2, 0.25) is 11.9 Å². The first-order chi connectivity index (χ1) is 24.1. The van der Waals surface area contributed by atoms with Crippen molar-refractivity contribution in [2.75, 3.05) is 54.2 Å². The van der Waals surface area contributed by atoms with Crippen LogP contribution in [0.5, 0.6) is 11.5 Å². The highest BCUT2D eigenvalue weighted by atomic mass is 79.9. The van der Waals surface area contributed by atoms with Gasteiger partial charge in [-0.3, -0.25) is 4.98 Å². The van der Waals surface area contributed by atoms with Gasteiger partial charge in [-0.15, -0.1) is 0 Å². The summed E-state index contributed by atoms with van der Waals surface area (Å²) < 4.78 is 13.1. The van der Waals surface area contributed by atoms with Gasteiger partial charge in [-0.05, 0) is 48.2 Å². The van der Waals surface area contributed by atoms with Crippen molar-refractivity contribution >= 4 is 62.7 Å². The molecular formula is C34H39BrCl2N10O3. The zero-order valence-corrected chi connectivity index (χ0v) is 31.0. The Morgan fingerprint density at radius 1 is 0.980 bits per heavy atom. The second-order valence-corrected chi connectivity index (χ2v) is 14.4. The highest BCUT2D eigenvalue weighted by molar-refractivity contribution is 9.10. The molecule has 13 nitrogen and oxygen atoms in total. The van der Waals surface area contributed by atoms with Gasteiger partial charge in [0.15, 0.2) is 0 Å². The maximum Gasteiger partial charge on any atom is 0.223 e. The van der Waals surface area contributed by atoms with Crippen LogP contribution in [0.15, 0.2) is 16.9 Å². The van der Waals surface area contributed by atoms with Crippen molar-refractivity contribution in [3.8, 4) is 11.5 Å². The Bertz CT molecular complexity index is 1940. The number of nitrogens with zero attached hydrogens (tertiary/aromatic N) is 8. The summed E-state index contributed by atoms with van der Waals surface area (Å²) in [6, 6.07) is 2.05. The molecule has 3 aliphatic heterocycles. The minimum Gasteiger partial charge on any atom is -0.493 e. The summed E-state index contributed by atoms with van der Waals surface area (Å²) in [7, 11) is 0. The topological polar surface area (TPSA) is 175 Å². The molecule has 4 aromatic rings. The number of pyridine rings is 2. The monoisotopic (exact) mass is 784 g/mol. The van der Waals surface area contributed by atoms with Crippen LogP contribution in [0.4, 0.5) is 23.5 Å². The van der Waals surface area contributed by atoms with Gasteiger partial charge in [0.25, 0.3) is 0 Å². The van der Waals surface area contributed by atoms with Crippen molar-refractivity contribution in [3.05, 3.63) is 66.4 Å². The summed E-state index contributed by atoms with van der Waals surface area (Å²) in [4.78, 5) is 31.3. The molecule has 16 heteroatoms. The molecule has 2 atom stereocenters. The number of hydrogen-bond donors (Lipinski definition) is 3. The van der Waals surface area contributed by atoms with Gasteiger partial charge in [-0.1, -0.05) is 36.5 Å². The van der Waals surface area contributed by atoms with Crippen LogP contribution in [0.3, 0.4) is 0 Å². The molecule has 0 spiro atoms. The molecule has 0 saturated carbocycles. The highest BCUT2D eigenvalue weighted by Gasteiger charge is 2.35. The van der Waals surface area contributed by atoms with Crippen LogP contribution in [-0.4, -0.2) is 67.9 Å². The zero-order valence-electron chi connectivity index (χ0n) is 27.9. The molecular weight excluding hydrogens is 747 g/mol. The molecule has 5 N–H and O–H groups in total. The van der Waals surface area contributed by atoms with E-state index in [0.29, 0.717) is 55.9 Å². The Hall–Kier alpha value is -3.72. The molecule has 50 heavy (non-hydrogen) atoms. The lowest BCUT2D eigenvalue weighted by Gasteiger charge is -2.22. The first kappa shape index (κ1) is 34.7. The average molecular weight is 787 g/mol. The number of halogens is 3. The van der Waals surface area contributed by atoms with Crippen molar-refractivity contribution < 1.29 is 14.6 Å². The van der Waals surface area contributed by atoms with Crippen molar-refractivity contribution in [3.63, 3.8) is 0 Å². The zero-order chi connectivity index (χ0) is 35.1. The minimum atomic E-state index is -0.207. The van der Waals surface area contributed by atoms with Crippen molar-refractivity contribution in [1.82, 2.24) is 29.9 Å². The molecule has 0 aromatic carbocycles. The molecule has 0 aliphatic carbocycles. The van der Waals surface area contributed by atoms with E-state index in [1.807, 2.05) is 18.0 Å². The number of rotatable bonds is 12.